The number of hydrogen-bond donors (Lipinski definition) is 1. The molecule has 132 valence electrons. The van der Waals surface area contributed by atoms with Gasteiger partial charge in [-0.05, 0) is 52.9 Å². The van der Waals surface area contributed by atoms with Crippen LogP contribution >= 0.6 is 0 Å². The molecule has 0 spiro atoms. The third kappa shape index (κ3) is 3.38. The van der Waals surface area contributed by atoms with E-state index in [1.807, 2.05) is 18.2 Å². The van der Waals surface area contributed by atoms with Crippen LogP contribution in [0.1, 0.15) is 16.7 Å². The standard InChI is InChI=1S/C22H18N4O/c1-26(21-9-6-15(12-23)13-24-21)14-22(27)25-18-7-8-20-17(11-18)10-16-4-2-3-5-19(16)20/h2-9,11,13H,10,14H2,1H3,(H,25,27). The van der Waals surface area contributed by atoms with E-state index in [-0.39, 0.29) is 12.5 Å². The highest BCUT2D eigenvalue weighted by molar-refractivity contribution is 5.94. The molecule has 1 aliphatic carbocycles. The number of carbonyl (C=O) groups excluding carboxylic acids is 1. The van der Waals surface area contributed by atoms with E-state index in [1.165, 1.54) is 28.5 Å². The molecule has 2 aromatic carbocycles. The largest absolute Gasteiger partial charge is 0.350 e. The first-order chi connectivity index (χ1) is 13.1. The van der Waals surface area contributed by atoms with Crippen LogP contribution in [0.25, 0.3) is 11.1 Å². The number of nitriles is 1. The zero-order valence-electron chi connectivity index (χ0n) is 14.9. The zero-order chi connectivity index (χ0) is 18.8. The average molecular weight is 354 g/mol. The van der Waals surface area contributed by atoms with Crippen molar-refractivity contribution < 1.29 is 4.79 Å². The zero-order valence-corrected chi connectivity index (χ0v) is 14.9. The Labute approximate surface area is 157 Å². The van der Waals surface area contributed by atoms with Crippen molar-refractivity contribution in [3.8, 4) is 17.2 Å². The summed E-state index contributed by atoms with van der Waals surface area (Å²) in [5.74, 6) is 0.535. The van der Waals surface area contributed by atoms with Gasteiger partial charge in [0.05, 0.1) is 12.1 Å². The molecule has 0 radical (unpaired) electrons. The number of fused-ring (bicyclic) bond motifs is 3. The van der Waals surface area contributed by atoms with Crippen molar-refractivity contribution >= 4 is 17.4 Å². The minimum Gasteiger partial charge on any atom is -0.350 e. The number of likely N-dealkylation sites (N-methyl/N-ethyl adjacent to an activating group) is 1. The SMILES string of the molecule is CN(CC(=O)Nc1ccc2c(c1)Cc1ccccc1-2)c1ccc(C#N)cn1. The molecular formula is C22H18N4O. The summed E-state index contributed by atoms with van der Waals surface area (Å²) < 4.78 is 0. The number of nitrogens with one attached hydrogen (secondary N) is 1. The Bertz CT molecular complexity index is 1050. The third-order valence-electron chi connectivity index (χ3n) is 4.73. The molecule has 1 aromatic heterocycles. The van der Waals surface area contributed by atoms with Crippen molar-refractivity contribution in [2.75, 3.05) is 23.8 Å². The Morgan fingerprint density at radius 3 is 2.74 bits per heavy atom. The van der Waals surface area contributed by atoms with E-state index in [1.54, 1.807) is 24.1 Å². The van der Waals surface area contributed by atoms with Gasteiger partial charge in [-0.1, -0.05) is 30.3 Å². The fraction of sp³-hybridized carbons (Fsp3) is 0.136. The Kier molecular flexibility index (Phi) is 4.31. The molecule has 0 fully saturated rings. The number of benzene rings is 2. The summed E-state index contributed by atoms with van der Waals surface area (Å²) in [4.78, 5) is 18.4. The molecule has 1 N–H and O–H groups in total. The van der Waals surface area contributed by atoms with Gasteiger partial charge >= 0.3 is 0 Å². The first-order valence-electron chi connectivity index (χ1n) is 8.72. The van der Waals surface area contributed by atoms with Gasteiger partial charge in [-0.25, -0.2) is 4.98 Å². The van der Waals surface area contributed by atoms with Crippen LogP contribution in [0.3, 0.4) is 0 Å². The van der Waals surface area contributed by atoms with E-state index in [4.69, 9.17) is 5.26 Å². The molecule has 1 aliphatic rings. The van der Waals surface area contributed by atoms with E-state index >= 15 is 0 Å². The topological polar surface area (TPSA) is 69.0 Å². The molecular weight excluding hydrogens is 336 g/mol. The summed E-state index contributed by atoms with van der Waals surface area (Å²) in [7, 11) is 1.80. The molecule has 0 unspecified atom stereocenters. The summed E-state index contributed by atoms with van der Waals surface area (Å²) in [6, 6.07) is 19.9. The first-order valence-corrected chi connectivity index (χ1v) is 8.72. The molecule has 27 heavy (non-hydrogen) atoms. The van der Waals surface area contributed by atoms with Crippen LogP contribution in [-0.2, 0) is 11.2 Å². The summed E-state index contributed by atoms with van der Waals surface area (Å²) in [5.41, 5.74) is 6.36. The first kappa shape index (κ1) is 16.8. The van der Waals surface area contributed by atoms with Gasteiger partial charge in [-0.2, -0.15) is 5.26 Å². The van der Waals surface area contributed by atoms with E-state index in [0.29, 0.717) is 11.4 Å². The Morgan fingerprint density at radius 1 is 1.15 bits per heavy atom. The van der Waals surface area contributed by atoms with Crippen LogP contribution in [0, 0.1) is 11.3 Å². The molecule has 0 bridgehead atoms. The summed E-state index contributed by atoms with van der Waals surface area (Å²) >= 11 is 0. The average Bonchev–Trinajstić information content (AvgIpc) is 3.05. The number of carbonyl (C=O) groups is 1. The predicted octanol–water partition coefficient (Wildman–Crippen LogP) is 3.60. The van der Waals surface area contributed by atoms with E-state index < -0.39 is 0 Å². The maximum atomic E-state index is 12.4. The number of anilines is 2. The van der Waals surface area contributed by atoms with Crippen LogP contribution in [-0.4, -0.2) is 24.5 Å². The lowest BCUT2D eigenvalue weighted by Gasteiger charge is -2.17. The number of nitrogens with zero attached hydrogens (tertiary/aromatic N) is 3. The van der Waals surface area contributed by atoms with Crippen molar-refractivity contribution in [2.45, 2.75) is 6.42 Å². The van der Waals surface area contributed by atoms with E-state index in [9.17, 15) is 4.79 Å². The van der Waals surface area contributed by atoms with E-state index in [2.05, 4.69) is 40.6 Å². The molecule has 0 saturated heterocycles. The smallest absolute Gasteiger partial charge is 0.243 e. The summed E-state index contributed by atoms with van der Waals surface area (Å²) in [5, 5.41) is 11.8. The maximum Gasteiger partial charge on any atom is 0.243 e. The number of aromatic nitrogens is 1. The molecule has 5 heteroatoms. The van der Waals surface area contributed by atoms with Crippen molar-refractivity contribution in [3.63, 3.8) is 0 Å². The van der Waals surface area contributed by atoms with E-state index in [0.717, 1.165) is 12.1 Å². The van der Waals surface area contributed by atoms with Crippen LogP contribution in [0.4, 0.5) is 11.5 Å². The number of hydrogen-bond acceptors (Lipinski definition) is 4. The monoisotopic (exact) mass is 354 g/mol. The van der Waals surface area contributed by atoms with Gasteiger partial charge < -0.3 is 10.2 Å². The molecule has 4 rings (SSSR count). The van der Waals surface area contributed by atoms with Gasteiger partial charge in [0.25, 0.3) is 0 Å². The van der Waals surface area contributed by atoms with Crippen LogP contribution in [0.5, 0.6) is 0 Å². The second kappa shape index (κ2) is 6.93. The minimum absolute atomic E-state index is 0.112. The fourth-order valence-electron chi connectivity index (χ4n) is 3.40. The van der Waals surface area contributed by atoms with Crippen molar-refractivity contribution in [3.05, 3.63) is 77.5 Å². The lowest BCUT2D eigenvalue weighted by molar-refractivity contribution is -0.114. The van der Waals surface area contributed by atoms with Gasteiger partial charge in [-0.3, -0.25) is 4.79 Å². The lowest BCUT2D eigenvalue weighted by atomic mass is 10.1. The van der Waals surface area contributed by atoms with Gasteiger partial charge in [0.1, 0.15) is 11.9 Å². The van der Waals surface area contributed by atoms with Gasteiger partial charge in [-0.15, -0.1) is 0 Å². The van der Waals surface area contributed by atoms with Gasteiger partial charge in [0.15, 0.2) is 0 Å². The van der Waals surface area contributed by atoms with Crippen LogP contribution in [0.2, 0.25) is 0 Å². The van der Waals surface area contributed by atoms with Gasteiger partial charge in [0.2, 0.25) is 5.91 Å². The second-order valence-electron chi connectivity index (χ2n) is 6.63. The molecule has 0 aliphatic heterocycles. The molecule has 1 heterocycles. The molecule has 0 saturated carbocycles. The Hall–Kier alpha value is -3.65. The predicted molar refractivity (Wildman–Crippen MR) is 106 cm³/mol. The number of pyridine rings is 1. The van der Waals surface area contributed by atoms with Crippen molar-refractivity contribution in [2.24, 2.45) is 0 Å². The van der Waals surface area contributed by atoms with Crippen molar-refractivity contribution in [1.82, 2.24) is 4.98 Å². The van der Waals surface area contributed by atoms with Crippen LogP contribution in [0.15, 0.2) is 60.8 Å². The van der Waals surface area contributed by atoms with Gasteiger partial charge in [0, 0.05) is 18.9 Å². The molecule has 0 atom stereocenters. The lowest BCUT2D eigenvalue weighted by Crippen LogP contribution is -2.30. The van der Waals surface area contributed by atoms with Crippen LogP contribution < -0.4 is 10.2 Å². The highest BCUT2D eigenvalue weighted by atomic mass is 16.2. The summed E-state index contributed by atoms with van der Waals surface area (Å²) in [6.07, 6.45) is 2.40. The highest BCUT2D eigenvalue weighted by Gasteiger charge is 2.18. The molecule has 3 aromatic rings. The second-order valence-corrected chi connectivity index (χ2v) is 6.63. The molecule has 1 amide bonds. The third-order valence-corrected chi connectivity index (χ3v) is 4.73. The normalized spacial score (nSPS) is 11.3. The Morgan fingerprint density at radius 2 is 1.96 bits per heavy atom. The highest BCUT2D eigenvalue weighted by Crippen LogP contribution is 2.37. The maximum absolute atomic E-state index is 12.4. The Balaban J connectivity index is 1.43. The number of rotatable bonds is 4. The number of amides is 1. The minimum atomic E-state index is -0.112. The summed E-state index contributed by atoms with van der Waals surface area (Å²) in [6.45, 7) is 0.177. The fourth-order valence-corrected chi connectivity index (χ4v) is 3.40. The van der Waals surface area contributed by atoms with Crippen molar-refractivity contribution in [1.29, 1.82) is 5.26 Å². The quantitative estimate of drug-likeness (QED) is 0.608. The molecule has 5 nitrogen and oxygen atoms in total.